The SMILES string of the molecule is COc1ccc(Cl)cc1CN(C)C(=O)/C=C/c1cccs1. The van der Waals surface area contributed by atoms with Crippen molar-refractivity contribution in [1.82, 2.24) is 4.90 Å². The highest BCUT2D eigenvalue weighted by atomic mass is 35.5. The van der Waals surface area contributed by atoms with Crippen LogP contribution < -0.4 is 4.74 Å². The monoisotopic (exact) mass is 321 g/mol. The van der Waals surface area contributed by atoms with Crippen molar-refractivity contribution in [3.8, 4) is 5.75 Å². The maximum atomic E-state index is 12.1. The molecule has 0 bridgehead atoms. The molecule has 0 aliphatic carbocycles. The molecule has 1 aromatic heterocycles. The molecule has 0 radical (unpaired) electrons. The number of carbonyl (C=O) groups excluding carboxylic acids is 1. The first kappa shape index (κ1) is 15.6. The Morgan fingerprint density at radius 3 is 2.90 bits per heavy atom. The second-order valence-corrected chi connectivity index (χ2v) is 5.91. The van der Waals surface area contributed by atoms with E-state index in [9.17, 15) is 4.79 Å². The van der Waals surface area contributed by atoms with Crippen molar-refractivity contribution in [2.45, 2.75) is 6.54 Å². The number of halogens is 1. The molecule has 1 aromatic carbocycles. The summed E-state index contributed by atoms with van der Waals surface area (Å²) in [5, 5.41) is 2.60. The van der Waals surface area contributed by atoms with Crippen molar-refractivity contribution in [2.75, 3.05) is 14.2 Å². The number of likely N-dealkylation sites (N-methyl/N-ethyl adjacent to an activating group) is 1. The molecule has 2 rings (SSSR count). The minimum absolute atomic E-state index is 0.0644. The number of ether oxygens (including phenoxy) is 1. The number of methoxy groups -OCH3 is 1. The number of nitrogens with zero attached hydrogens (tertiary/aromatic N) is 1. The number of carbonyl (C=O) groups is 1. The molecule has 21 heavy (non-hydrogen) atoms. The normalized spacial score (nSPS) is 10.8. The largest absolute Gasteiger partial charge is 0.496 e. The highest BCUT2D eigenvalue weighted by Crippen LogP contribution is 2.23. The van der Waals surface area contributed by atoms with E-state index in [1.807, 2.05) is 29.7 Å². The summed E-state index contributed by atoms with van der Waals surface area (Å²) in [5.74, 6) is 0.659. The zero-order valence-electron chi connectivity index (χ0n) is 11.9. The van der Waals surface area contributed by atoms with Gasteiger partial charge in [0, 0.05) is 35.1 Å². The number of hydrogen-bond acceptors (Lipinski definition) is 3. The fraction of sp³-hybridized carbons (Fsp3) is 0.188. The topological polar surface area (TPSA) is 29.5 Å². The fourth-order valence-corrected chi connectivity index (χ4v) is 2.68. The van der Waals surface area contributed by atoms with Gasteiger partial charge in [0.05, 0.1) is 7.11 Å². The standard InChI is InChI=1S/C16H16ClNO2S/c1-18(16(19)8-6-14-4-3-9-21-14)11-12-10-13(17)5-7-15(12)20-2/h3-10H,11H2,1-2H3/b8-6+. The zero-order valence-corrected chi connectivity index (χ0v) is 13.4. The third-order valence-electron chi connectivity index (χ3n) is 2.96. The molecule has 0 saturated carbocycles. The third-order valence-corrected chi connectivity index (χ3v) is 4.03. The summed E-state index contributed by atoms with van der Waals surface area (Å²) in [7, 11) is 3.35. The Bertz CT molecular complexity index is 638. The van der Waals surface area contributed by atoms with E-state index in [4.69, 9.17) is 16.3 Å². The molecule has 0 saturated heterocycles. The second kappa shape index (κ2) is 7.29. The van der Waals surface area contributed by atoms with E-state index in [0.29, 0.717) is 11.6 Å². The number of thiophene rings is 1. The van der Waals surface area contributed by atoms with Gasteiger partial charge in [-0.05, 0) is 35.7 Å². The maximum absolute atomic E-state index is 12.1. The highest BCUT2D eigenvalue weighted by molar-refractivity contribution is 7.10. The average Bonchev–Trinajstić information content (AvgIpc) is 2.98. The van der Waals surface area contributed by atoms with Gasteiger partial charge in [-0.25, -0.2) is 0 Å². The Kier molecular flexibility index (Phi) is 5.42. The van der Waals surface area contributed by atoms with Crippen LogP contribution >= 0.6 is 22.9 Å². The average molecular weight is 322 g/mol. The summed E-state index contributed by atoms with van der Waals surface area (Å²) in [4.78, 5) is 14.8. The van der Waals surface area contributed by atoms with Crippen molar-refractivity contribution in [3.63, 3.8) is 0 Å². The van der Waals surface area contributed by atoms with E-state index in [2.05, 4.69) is 0 Å². The molecule has 0 aliphatic rings. The van der Waals surface area contributed by atoms with E-state index < -0.39 is 0 Å². The van der Waals surface area contributed by atoms with Crippen LogP contribution in [0, 0.1) is 0 Å². The number of hydrogen-bond donors (Lipinski definition) is 0. The molecule has 0 N–H and O–H groups in total. The van der Waals surface area contributed by atoms with Crippen molar-refractivity contribution in [2.24, 2.45) is 0 Å². The van der Waals surface area contributed by atoms with Gasteiger partial charge in [0.25, 0.3) is 0 Å². The van der Waals surface area contributed by atoms with Crippen LogP contribution in [-0.2, 0) is 11.3 Å². The van der Waals surface area contributed by atoms with Crippen LogP contribution in [0.3, 0.4) is 0 Å². The van der Waals surface area contributed by atoms with Gasteiger partial charge in [-0.2, -0.15) is 0 Å². The maximum Gasteiger partial charge on any atom is 0.246 e. The molecule has 5 heteroatoms. The molecule has 1 heterocycles. The molecule has 3 nitrogen and oxygen atoms in total. The quantitative estimate of drug-likeness (QED) is 0.776. The first-order chi connectivity index (χ1) is 10.1. The summed E-state index contributed by atoms with van der Waals surface area (Å²) >= 11 is 7.59. The third kappa shape index (κ3) is 4.34. The molecular formula is C16H16ClNO2S. The Morgan fingerprint density at radius 1 is 1.43 bits per heavy atom. The lowest BCUT2D eigenvalue weighted by Gasteiger charge is -2.17. The van der Waals surface area contributed by atoms with Crippen LogP contribution in [0.15, 0.2) is 41.8 Å². The van der Waals surface area contributed by atoms with Gasteiger partial charge in [-0.1, -0.05) is 17.7 Å². The van der Waals surface area contributed by atoms with Gasteiger partial charge in [-0.3, -0.25) is 4.79 Å². The van der Waals surface area contributed by atoms with Crippen molar-refractivity contribution in [1.29, 1.82) is 0 Å². The van der Waals surface area contributed by atoms with Gasteiger partial charge in [0.15, 0.2) is 0 Å². The summed E-state index contributed by atoms with van der Waals surface area (Å²) in [6.45, 7) is 0.442. The Hall–Kier alpha value is -1.78. The first-order valence-electron chi connectivity index (χ1n) is 6.39. The van der Waals surface area contributed by atoms with Crippen LogP contribution in [-0.4, -0.2) is 25.0 Å². The van der Waals surface area contributed by atoms with Gasteiger partial charge < -0.3 is 9.64 Å². The molecule has 0 unspecified atom stereocenters. The molecule has 1 amide bonds. The number of benzene rings is 1. The number of rotatable bonds is 5. The predicted molar refractivity (Wildman–Crippen MR) is 87.8 cm³/mol. The molecule has 0 aliphatic heterocycles. The van der Waals surface area contributed by atoms with E-state index in [0.717, 1.165) is 16.2 Å². The van der Waals surface area contributed by atoms with Gasteiger partial charge in [-0.15, -0.1) is 11.3 Å². The first-order valence-corrected chi connectivity index (χ1v) is 7.65. The zero-order chi connectivity index (χ0) is 15.2. The van der Waals surface area contributed by atoms with Gasteiger partial charge in [0.2, 0.25) is 5.91 Å². The van der Waals surface area contributed by atoms with Crippen LogP contribution in [0.4, 0.5) is 0 Å². The predicted octanol–water partition coefficient (Wildman–Crippen LogP) is 4.08. The van der Waals surface area contributed by atoms with Crippen molar-refractivity contribution in [3.05, 3.63) is 57.3 Å². The number of amides is 1. The van der Waals surface area contributed by atoms with Crippen molar-refractivity contribution < 1.29 is 9.53 Å². The van der Waals surface area contributed by atoms with Crippen LogP contribution in [0.25, 0.3) is 6.08 Å². The van der Waals surface area contributed by atoms with E-state index in [-0.39, 0.29) is 5.91 Å². The second-order valence-electron chi connectivity index (χ2n) is 4.50. The van der Waals surface area contributed by atoms with Crippen LogP contribution in [0.1, 0.15) is 10.4 Å². The molecule has 2 aromatic rings. The lowest BCUT2D eigenvalue weighted by molar-refractivity contribution is -0.125. The molecule has 0 spiro atoms. The smallest absolute Gasteiger partial charge is 0.246 e. The van der Waals surface area contributed by atoms with Crippen molar-refractivity contribution >= 4 is 34.9 Å². The molecule has 0 fully saturated rings. The lowest BCUT2D eigenvalue weighted by atomic mass is 10.2. The molecule has 110 valence electrons. The van der Waals surface area contributed by atoms with Gasteiger partial charge in [0.1, 0.15) is 5.75 Å². The van der Waals surface area contributed by atoms with Gasteiger partial charge >= 0.3 is 0 Å². The summed E-state index contributed by atoms with van der Waals surface area (Å²) in [6.07, 6.45) is 3.39. The Morgan fingerprint density at radius 2 is 2.24 bits per heavy atom. The van der Waals surface area contributed by atoms with E-state index >= 15 is 0 Å². The van der Waals surface area contributed by atoms with E-state index in [1.165, 1.54) is 0 Å². The van der Waals surface area contributed by atoms with Crippen LogP contribution in [0.2, 0.25) is 5.02 Å². The summed E-state index contributed by atoms with van der Waals surface area (Å²) < 4.78 is 5.29. The molecule has 0 atom stereocenters. The minimum Gasteiger partial charge on any atom is -0.496 e. The fourth-order valence-electron chi connectivity index (χ4n) is 1.87. The Balaban J connectivity index is 2.05. The summed E-state index contributed by atoms with van der Waals surface area (Å²) in [5.41, 5.74) is 0.880. The Labute approximate surface area is 133 Å². The van der Waals surface area contributed by atoms with E-state index in [1.54, 1.807) is 48.6 Å². The molecular weight excluding hydrogens is 306 g/mol. The highest BCUT2D eigenvalue weighted by Gasteiger charge is 2.10. The summed E-state index contributed by atoms with van der Waals surface area (Å²) in [6, 6.07) is 9.30. The van der Waals surface area contributed by atoms with Crippen LogP contribution in [0.5, 0.6) is 5.75 Å². The lowest BCUT2D eigenvalue weighted by Crippen LogP contribution is -2.24. The minimum atomic E-state index is -0.0644.